The molecule has 4 aromatic rings. The second kappa shape index (κ2) is 31.9. The fraction of sp³-hybridized carbons (Fsp3) is 0.533. The summed E-state index contributed by atoms with van der Waals surface area (Å²) >= 11 is 25.4. The number of unbranched alkanes of at least 4 members (excludes halogenated alkanes) is 9. The minimum absolute atomic E-state index is 0. The summed E-state index contributed by atoms with van der Waals surface area (Å²) in [6, 6.07) is 23.3. The number of rotatable bonds is 29. The third-order valence-corrected chi connectivity index (χ3v) is 16.9. The minimum atomic E-state index is -0.307. The summed E-state index contributed by atoms with van der Waals surface area (Å²) < 4.78 is 23.5. The Hall–Kier alpha value is -5.00. The number of anilines is 4. The number of halogens is 4. The molecule has 0 bridgehead atoms. The van der Waals surface area contributed by atoms with Crippen molar-refractivity contribution in [2.45, 2.75) is 116 Å². The number of aryl methyl sites for hydroxylation is 2. The Morgan fingerprint density at radius 3 is 1.24 bits per heavy atom. The van der Waals surface area contributed by atoms with E-state index in [1.54, 1.807) is 9.80 Å². The molecular weight excluding hydrogens is 1090 g/mol. The Labute approximate surface area is 486 Å². The molecule has 0 unspecified atom stereocenters. The van der Waals surface area contributed by atoms with Gasteiger partial charge in [0.25, 0.3) is 0 Å². The zero-order valence-electron chi connectivity index (χ0n) is 45.5. The lowest BCUT2D eigenvalue weighted by atomic mass is 10.0. The van der Waals surface area contributed by atoms with Crippen LogP contribution in [0.2, 0.25) is 20.1 Å². The lowest BCUT2D eigenvalue weighted by Crippen LogP contribution is -2.46. The van der Waals surface area contributed by atoms with Crippen LogP contribution in [0.3, 0.4) is 0 Å². The maximum Gasteiger partial charge on any atom is 0.307 e. The van der Waals surface area contributed by atoms with Crippen LogP contribution in [-0.2, 0) is 41.5 Å². The van der Waals surface area contributed by atoms with Crippen LogP contribution >= 0.6 is 46.4 Å². The van der Waals surface area contributed by atoms with Gasteiger partial charge in [-0.2, -0.15) is 0 Å². The maximum atomic E-state index is 13.0. The summed E-state index contributed by atoms with van der Waals surface area (Å²) in [6.45, 7) is 10.4. The number of piperazine rings is 2. The number of carbonyl (C=O) groups is 4. The van der Waals surface area contributed by atoms with Crippen molar-refractivity contribution < 1.29 is 43.6 Å². The molecule has 0 aliphatic carbocycles. The van der Waals surface area contributed by atoms with E-state index in [0.717, 1.165) is 176 Å². The van der Waals surface area contributed by atoms with E-state index in [1.165, 1.54) is 0 Å². The van der Waals surface area contributed by atoms with Crippen LogP contribution in [0.5, 0.6) is 11.5 Å². The molecule has 2 N–H and O–H groups in total. The summed E-state index contributed by atoms with van der Waals surface area (Å²) in [5, 5.41) is 2.39. The Bertz CT molecular complexity index is 2450. The van der Waals surface area contributed by atoms with Crippen LogP contribution < -0.4 is 29.1 Å². The fourth-order valence-electron chi connectivity index (χ4n) is 10.7. The van der Waals surface area contributed by atoms with Gasteiger partial charge in [-0.15, -0.1) is 0 Å². The van der Waals surface area contributed by atoms with Gasteiger partial charge in [0.05, 0.1) is 56.1 Å². The van der Waals surface area contributed by atoms with E-state index in [9.17, 15) is 19.2 Å². The largest absolute Gasteiger partial charge is 0.494 e. The highest BCUT2D eigenvalue weighted by Crippen LogP contribution is 2.36. The first-order chi connectivity index (χ1) is 38.0. The van der Waals surface area contributed by atoms with Crippen LogP contribution in [0.1, 0.15) is 114 Å². The Balaban J connectivity index is 0.00000903. The van der Waals surface area contributed by atoms with E-state index in [1.807, 2.05) is 72.8 Å². The minimum Gasteiger partial charge on any atom is -0.494 e. The van der Waals surface area contributed by atoms with Crippen LogP contribution in [0.25, 0.3) is 0 Å². The van der Waals surface area contributed by atoms with E-state index in [-0.39, 0.29) is 42.7 Å². The summed E-state index contributed by atoms with van der Waals surface area (Å²) in [4.78, 5) is 64.1. The molecule has 0 aromatic heterocycles. The highest BCUT2D eigenvalue weighted by molar-refractivity contribution is 6.44. The van der Waals surface area contributed by atoms with Gasteiger partial charge in [0, 0.05) is 90.2 Å². The molecule has 4 aliphatic rings. The van der Waals surface area contributed by atoms with Crippen molar-refractivity contribution >= 4 is 92.9 Å². The molecule has 0 atom stereocenters. The van der Waals surface area contributed by atoms with Gasteiger partial charge in [-0.25, -0.2) is 0 Å². The molecule has 2 amide bonds. The molecular formula is C60H78Cl4N6O9. The predicted molar refractivity (Wildman–Crippen MR) is 316 cm³/mol. The van der Waals surface area contributed by atoms with Crippen LogP contribution in [0.4, 0.5) is 22.7 Å². The van der Waals surface area contributed by atoms with Gasteiger partial charge in [-0.05, 0) is 112 Å². The highest BCUT2D eigenvalue weighted by Gasteiger charge is 2.28. The topological polar surface area (TPSA) is 156 Å². The molecule has 4 aromatic carbocycles. The van der Waals surface area contributed by atoms with Gasteiger partial charge in [-0.1, -0.05) is 109 Å². The first-order valence-electron chi connectivity index (χ1n) is 28.3. The number of hydrogen-bond acceptors (Lipinski definition) is 12. The number of benzene rings is 4. The quantitative estimate of drug-likeness (QED) is 0.0375. The summed E-state index contributed by atoms with van der Waals surface area (Å²) in [7, 11) is 0. The van der Waals surface area contributed by atoms with Gasteiger partial charge in [0.1, 0.15) is 11.5 Å². The Kier molecular flexibility index (Phi) is 24.8. The zero-order chi connectivity index (χ0) is 54.6. The van der Waals surface area contributed by atoms with Crippen molar-refractivity contribution in [2.75, 3.05) is 112 Å². The predicted octanol–water partition coefficient (Wildman–Crippen LogP) is 11.6. The maximum absolute atomic E-state index is 13.0. The van der Waals surface area contributed by atoms with E-state index in [2.05, 4.69) is 19.6 Å². The van der Waals surface area contributed by atoms with Crippen molar-refractivity contribution in [3.63, 3.8) is 0 Å². The monoisotopic (exact) mass is 1170 g/mol. The SMILES string of the molecule is O.O=C(CCCCCCCCCCC(=O)OCN1C(=O)CCc2ccc(OCCCCN3CCN(c4cccc(Cl)c4Cl)CC3)cc21)OCN1C(=O)CCc2ccc(OCCCCN3CCN(c4cccc(Cl)c4Cl)CC3)cc21. The molecule has 79 heavy (non-hydrogen) atoms. The van der Waals surface area contributed by atoms with Gasteiger partial charge >= 0.3 is 11.9 Å². The highest BCUT2D eigenvalue weighted by atomic mass is 35.5. The van der Waals surface area contributed by atoms with E-state index in [4.69, 9.17) is 65.4 Å². The average molecular weight is 1170 g/mol. The van der Waals surface area contributed by atoms with Crippen molar-refractivity contribution in [3.05, 3.63) is 104 Å². The normalized spacial score (nSPS) is 15.8. The number of esters is 2. The summed E-state index contributed by atoms with van der Waals surface area (Å²) in [6.07, 6.45) is 13.9. The molecule has 8 rings (SSSR count). The lowest BCUT2D eigenvalue weighted by Gasteiger charge is -2.36. The van der Waals surface area contributed by atoms with Crippen LogP contribution in [-0.4, -0.2) is 131 Å². The third kappa shape index (κ3) is 18.2. The second-order valence-electron chi connectivity index (χ2n) is 20.8. The number of nitrogens with zero attached hydrogens (tertiary/aromatic N) is 6. The van der Waals surface area contributed by atoms with E-state index >= 15 is 0 Å². The van der Waals surface area contributed by atoms with Crippen molar-refractivity contribution in [3.8, 4) is 11.5 Å². The molecule has 4 heterocycles. The smallest absolute Gasteiger partial charge is 0.307 e. The van der Waals surface area contributed by atoms with E-state index < -0.39 is 0 Å². The van der Waals surface area contributed by atoms with Crippen LogP contribution in [0, 0.1) is 0 Å². The number of amides is 2. The van der Waals surface area contributed by atoms with Crippen molar-refractivity contribution in [1.82, 2.24) is 9.80 Å². The number of ether oxygens (including phenoxy) is 4. The molecule has 0 radical (unpaired) electrons. The molecule has 4 aliphatic heterocycles. The fourth-order valence-corrected chi connectivity index (χ4v) is 11.5. The van der Waals surface area contributed by atoms with E-state index in [0.29, 0.717) is 83.3 Å². The lowest BCUT2D eigenvalue weighted by molar-refractivity contribution is -0.145. The van der Waals surface area contributed by atoms with Gasteiger partial charge < -0.3 is 34.2 Å². The number of hydrogen-bond donors (Lipinski definition) is 0. The molecule has 15 nitrogen and oxygen atoms in total. The average Bonchev–Trinajstić information content (AvgIpc) is 3.47. The molecule has 2 fully saturated rings. The molecule has 2 saturated heterocycles. The number of fused-ring (bicyclic) bond motifs is 2. The summed E-state index contributed by atoms with van der Waals surface area (Å²) in [5.74, 6) is 0.657. The van der Waals surface area contributed by atoms with Crippen molar-refractivity contribution in [2.24, 2.45) is 0 Å². The Morgan fingerprint density at radius 1 is 0.443 bits per heavy atom. The molecule has 0 saturated carbocycles. The van der Waals surface area contributed by atoms with Gasteiger partial charge in [0.15, 0.2) is 13.5 Å². The second-order valence-corrected chi connectivity index (χ2v) is 22.3. The van der Waals surface area contributed by atoms with Crippen LogP contribution in [0.15, 0.2) is 72.8 Å². The number of carbonyl (C=O) groups excluding carboxylic acids is 4. The zero-order valence-corrected chi connectivity index (χ0v) is 48.5. The Morgan fingerprint density at radius 2 is 0.835 bits per heavy atom. The molecule has 19 heteroatoms. The summed E-state index contributed by atoms with van der Waals surface area (Å²) in [5.41, 5.74) is 5.55. The molecule has 0 spiro atoms. The standard InChI is InChI=1S/C60H76Cl4N6O8.H2O/c61-49-15-13-17-51(59(49)63)67-35-31-65(32-36-67)29-9-11-39-75-47-25-21-45-23-27-55(71)69(53(45)41-47)43-77-57(73)19-7-5-3-1-2-4-6-8-20-58(74)78-44-70-54-42-48(26-22-46(54)24-28-56(70)72)76-40-12-10-30-66-33-37-68(38-34-66)52-18-14-16-50(62)60(52)64;/h13-18,21-22,25-26,41-42H,1-12,19-20,23-24,27-40,43-44H2;1H2. The first kappa shape index (κ1) is 61.6. The van der Waals surface area contributed by atoms with Gasteiger partial charge in [0.2, 0.25) is 11.8 Å². The molecule has 430 valence electrons. The third-order valence-electron chi connectivity index (χ3n) is 15.3. The van der Waals surface area contributed by atoms with Gasteiger partial charge in [-0.3, -0.25) is 38.8 Å². The van der Waals surface area contributed by atoms with Crippen molar-refractivity contribution in [1.29, 1.82) is 0 Å². The first-order valence-corrected chi connectivity index (χ1v) is 29.8.